The summed E-state index contributed by atoms with van der Waals surface area (Å²) in [5.74, 6) is -0.379. The average Bonchev–Trinajstić information content (AvgIpc) is 2.68. The molecule has 16 heavy (non-hydrogen) atoms. The molecule has 2 N–H and O–H groups in total. The maximum atomic E-state index is 12.4. The fraction of sp³-hybridized carbons (Fsp3) is 0.111. The third-order valence-electron chi connectivity index (χ3n) is 1.85. The molecule has 0 unspecified atom stereocenters. The van der Waals surface area contributed by atoms with Crippen LogP contribution in [0.5, 0.6) is 0 Å². The van der Waals surface area contributed by atoms with Gasteiger partial charge >= 0.3 is 6.18 Å². The number of nitrogens with zero attached hydrogens (tertiary/aromatic N) is 2. The van der Waals surface area contributed by atoms with E-state index in [1.807, 2.05) is 0 Å². The van der Waals surface area contributed by atoms with Gasteiger partial charge < -0.3 is 5.73 Å². The summed E-state index contributed by atoms with van der Waals surface area (Å²) in [6.07, 6.45) is -4.51. The highest BCUT2D eigenvalue weighted by atomic mass is 32.1. The second kappa shape index (κ2) is 3.75. The van der Waals surface area contributed by atoms with Crippen LogP contribution in [-0.2, 0) is 6.18 Å². The predicted molar refractivity (Wildman–Crippen MR) is 54.8 cm³/mol. The number of halogens is 3. The van der Waals surface area contributed by atoms with Crippen molar-refractivity contribution in [2.75, 3.05) is 5.73 Å². The zero-order valence-electron chi connectivity index (χ0n) is 7.82. The molecule has 2 aromatic heterocycles. The molecular formula is C9H6F3N3S. The van der Waals surface area contributed by atoms with Crippen LogP contribution in [-0.4, -0.2) is 9.97 Å². The van der Waals surface area contributed by atoms with Gasteiger partial charge in [-0.05, 0) is 17.5 Å². The molecule has 84 valence electrons. The molecule has 7 heteroatoms. The summed E-state index contributed by atoms with van der Waals surface area (Å²) in [5.41, 5.74) is 5.00. The van der Waals surface area contributed by atoms with E-state index >= 15 is 0 Å². The van der Waals surface area contributed by atoms with E-state index in [0.717, 1.165) is 6.07 Å². The van der Waals surface area contributed by atoms with Gasteiger partial charge in [-0.25, -0.2) is 9.97 Å². The molecule has 0 bridgehead atoms. The summed E-state index contributed by atoms with van der Waals surface area (Å²) in [7, 11) is 0. The van der Waals surface area contributed by atoms with Crippen molar-refractivity contribution >= 4 is 17.3 Å². The summed E-state index contributed by atoms with van der Waals surface area (Å²) in [6.45, 7) is 0. The van der Waals surface area contributed by atoms with Crippen molar-refractivity contribution in [3.63, 3.8) is 0 Å². The minimum absolute atomic E-state index is 0.182. The van der Waals surface area contributed by atoms with Crippen molar-refractivity contribution in [2.24, 2.45) is 0 Å². The Kier molecular flexibility index (Phi) is 2.55. The van der Waals surface area contributed by atoms with Crippen LogP contribution in [0.3, 0.4) is 0 Å². The van der Waals surface area contributed by atoms with E-state index in [1.54, 1.807) is 16.8 Å². The van der Waals surface area contributed by atoms with Crippen LogP contribution in [0.4, 0.5) is 19.1 Å². The molecular weight excluding hydrogens is 239 g/mol. The Balaban J connectivity index is 2.53. The molecule has 2 rings (SSSR count). The van der Waals surface area contributed by atoms with Crippen molar-refractivity contribution in [1.82, 2.24) is 9.97 Å². The first-order valence-corrected chi connectivity index (χ1v) is 5.15. The Hall–Kier alpha value is -1.63. The molecule has 0 aliphatic carbocycles. The molecule has 0 spiro atoms. The fourth-order valence-electron chi connectivity index (χ4n) is 1.17. The van der Waals surface area contributed by atoms with Crippen LogP contribution in [0.2, 0.25) is 0 Å². The Morgan fingerprint density at radius 3 is 2.56 bits per heavy atom. The number of nitrogen functional groups attached to an aromatic ring is 1. The Morgan fingerprint density at radius 1 is 1.25 bits per heavy atom. The third kappa shape index (κ3) is 2.13. The maximum Gasteiger partial charge on any atom is 0.433 e. The highest BCUT2D eigenvalue weighted by Gasteiger charge is 2.33. The second-order valence-corrected chi connectivity index (χ2v) is 3.79. The third-order valence-corrected chi connectivity index (χ3v) is 2.53. The smallest absolute Gasteiger partial charge is 0.368 e. The van der Waals surface area contributed by atoms with Crippen molar-refractivity contribution < 1.29 is 13.2 Å². The molecule has 0 amide bonds. The van der Waals surface area contributed by atoms with Crippen LogP contribution in [0.15, 0.2) is 22.9 Å². The quantitative estimate of drug-likeness (QED) is 0.840. The normalized spacial score (nSPS) is 11.7. The van der Waals surface area contributed by atoms with Crippen molar-refractivity contribution in [1.29, 1.82) is 0 Å². The Bertz CT molecular complexity index is 493. The Morgan fingerprint density at radius 2 is 2.00 bits per heavy atom. The Labute approximate surface area is 92.8 Å². The van der Waals surface area contributed by atoms with Gasteiger partial charge in [0.15, 0.2) is 5.69 Å². The van der Waals surface area contributed by atoms with E-state index in [0.29, 0.717) is 5.56 Å². The van der Waals surface area contributed by atoms with Crippen LogP contribution >= 0.6 is 11.3 Å². The molecule has 0 saturated heterocycles. The lowest BCUT2D eigenvalue weighted by Crippen LogP contribution is -2.11. The standard InChI is InChI=1S/C9H6F3N3S/c10-9(11,12)7-3-6(14-8(13)15-7)5-1-2-16-4-5/h1-4H,(H2,13,14,15). The minimum atomic E-state index is -4.51. The molecule has 3 nitrogen and oxygen atoms in total. The minimum Gasteiger partial charge on any atom is -0.368 e. The van der Waals surface area contributed by atoms with Gasteiger partial charge in [0.05, 0.1) is 5.69 Å². The summed E-state index contributed by atoms with van der Waals surface area (Å²) < 4.78 is 37.3. The first-order valence-electron chi connectivity index (χ1n) is 4.21. The number of anilines is 1. The van der Waals surface area contributed by atoms with E-state index in [9.17, 15) is 13.2 Å². The zero-order chi connectivity index (χ0) is 11.8. The van der Waals surface area contributed by atoms with Crippen molar-refractivity contribution in [2.45, 2.75) is 6.18 Å². The summed E-state index contributed by atoms with van der Waals surface area (Å²) in [4.78, 5) is 6.92. The van der Waals surface area contributed by atoms with E-state index in [-0.39, 0.29) is 11.6 Å². The first kappa shape index (κ1) is 10.9. The number of nitrogens with two attached hydrogens (primary N) is 1. The monoisotopic (exact) mass is 245 g/mol. The van der Waals surface area contributed by atoms with Crippen molar-refractivity contribution in [3.05, 3.63) is 28.6 Å². The fourth-order valence-corrected chi connectivity index (χ4v) is 1.82. The number of hydrogen-bond donors (Lipinski definition) is 1. The number of rotatable bonds is 1. The molecule has 0 radical (unpaired) electrons. The number of hydrogen-bond acceptors (Lipinski definition) is 4. The molecule has 0 atom stereocenters. The summed E-state index contributed by atoms with van der Waals surface area (Å²) >= 11 is 1.37. The molecule has 0 saturated carbocycles. The highest BCUT2D eigenvalue weighted by molar-refractivity contribution is 7.08. The van der Waals surface area contributed by atoms with Gasteiger partial charge in [0.2, 0.25) is 5.95 Å². The SMILES string of the molecule is Nc1nc(-c2ccsc2)cc(C(F)(F)F)n1. The zero-order valence-corrected chi connectivity index (χ0v) is 8.64. The molecule has 0 aliphatic heterocycles. The van der Waals surface area contributed by atoms with Gasteiger partial charge in [-0.15, -0.1) is 0 Å². The lowest BCUT2D eigenvalue weighted by atomic mass is 10.2. The molecule has 2 aromatic rings. The number of thiophene rings is 1. The molecule has 2 heterocycles. The second-order valence-electron chi connectivity index (χ2n) is 3.01. The van der Waals surface area contributed by atoms with Crippen LogP contribution in [0.25, 0.3) is 11.3 Å². The average molecular weight is 245 g/mol. The topological polar surface area (TPSA) is 51.8 Å². The summed E-state index contributed by atoms with van der Waals surface area (Å²) in [5, 5.41) is 3.45. The van der Waals surface area contributed by atoms with E-state index in [4.69, 9.17) is 5.73 Å². The van der Waals surface area contributed by atoms with E-state index in [1.165, 1.54) is 11.3 Å². The van der Waals surface area contributed by atoms with Crippen LogP contribution < -0.4 is 5.73 Å². The van der Waals surface area contributed by atoms with Gasteiger partial charge in [0.25, 0.3) is 0 Å². The van der Waals surface area contributed by atoms with Gasteiger partial charge in [-0.2, -0.15) is 24.5 Å². The van der Waals surface area contributed by atoms with E-state index < -0.39 is 11.9 Å². The van der Waals surface area contributed by atoms with Gasteiger partial charge in [-0.3, -0.25) is 0 Å². The van der Waals surface area contributed by atoms with Gasteiger partial charge in [0.1, 0.15) is 0 Å². The lowest BCUT2D eigenvalue weighted by Gasteiger charge is -2.07. The molecule has 0 aliphatic rings. The van der Waals surface area contributed by atoms with Crippen molar-refractivity contribution in [3.8, 4) is 11.3 Å². The highest BCUT2D eigenvalue weighted by Crippen LogP contribution is 2.31. The first-order chi connectivity index (χ1) is 7.47. The molecule has 0 fully saturated rings. The van der Waals surface area contributed by atoms with Gasteiger partial charge in [-0.1, -0.05) is 0 Å². The van der Waals surface area contributed by atoms with E-state index in [2.05, 4.69) is 9.97 Å². The largest absolute Gasteiger partial charge is 0.433 e. The van der Waals surface area contributed by atoms with Gasteiger partial charge in [0, 0.05) is 10.9 Å². The van der Waals surface area contributed by atoms with Crippen LogP contribution in [0.1, 0.15) is 5.69 Å². The number of aromatic nitrogens is 2. The predicted octanol–water partition coefficient (Wildman–Crippen LogP) is 2.81. The van der Waals surface area contributed by atoms with Crippen LogP contribution in [0, 0.1) is 0 Å². The number of alkyl halides is 3. The lowest BCUT2D eigenvalue weighted by molar-refractivity contribution is -0.141. The maximum absolute atomic E-state index is 12.4. The molecule has 0 aromatic carbocycles. The summed E-state index contributed by atoms with van der Waals surface area (Å²) in [6, 6.07) is 2.56.